The molecule has 0 fully saturated rings. The highest BCUT2D eigenvalue weighted by atomic mass is 19.4. The van der Waals surface area contributed by atoms with E-state index in [1.54, 1.807) is 6.92 Å². The van der Waals surface area contributed by atoms with Crippen molar-refractivity contribution in [3.63, 3.8) is 0 Å². The van der Waals surface area contributed by atoms with Crippen molar-refractivity contribution in [1.29, 1.82) is 0 Å². The predicted molar refractivity (Wildman–Crippen MR) is 41.2 cm³/mol. The molecule has 15 heavy (non-hydrogen) atoms. The van der Waals surface area contributed by atoms with Crippen molar-refractivity contribution in [3.05, 3.63) is 18.7 Å². The zero-order valence-electron chi connectivity index (χ0n) is 7.93. The molecule has 0 N–H and O–H groups in total. The third-order valence-electron chi connectivity index (χ3n) is 1.84. The second-order valence-corrected chi connectivity index (χ2v) is 3.10. The lowest BCUT2D eigenvalue weighted by Crippen LogP contribution is -2.40. The molecule has 0 saturated heterocycles. The molecule has 0 amide bonds. The van der Waals surface area contributed by atoms with Crippen LogP contribution in [0, 0.1) is 0 Å². The van der Waals surface area contributed by atoms with Crippen LogP contribution >= 0.6 is 0 Å². The number of rotatable bonds is 3. The maximum Gasteiger partial charge on any atom is 0.500 e. The Balaban J connectivity index is 2.95. The molecule has 0 bridgehead atoms. The molecule has 86 valence electrons. The molecule has 1 aromatic rings. The number of halogens is 5. The normalized spacial score (nSPS) is 13.2. The van der Waals surface area contributed by atoms with E-state index in [2.05, 4.69) is 0 Å². The second-order valence-electron chi connectivity index (χ2n) is 3.10. The van der Waals surface area contributed by atoms with Gasteiger partial charge in [0.2, 0.25) is 6.33 Å². The van der Waals surface area contributed by atoms with Crippen LogP contribution in [0.2, 0.25) is 0 Å². The summed E-state index contributed by atoms with van der Waals surface area (Å²) in [6.45, 7) is 2.20. The molecule has 0 saturated carbocycles. The van der Waals surface area contributed by atoms with Gasteiger partial charge in [0.05, 0.1) is 6.54 Å². The Hall–Kier alpha value is -1.14. The summed E-state index contributed by atoms with van der Waals surface area (Å²) in [7, 11) is 0. The van der Waals surface area contributed by atoms with E-state index in [0.717, 1.165) is 6.33 Å². The van der Waals surface area contributed by atoms with Crippen LogP contribution in [0.5, 0.6) is 0 Å². The molecule has 0 aromatic carbocycles. The van der Waals surface area contributed by atoms with Gasteiger partial charge in [0.25, 0.3) is 0 Å². The summed E-state index contributed by atoms with van der Waals surface area (Å²) in [4.78, 5) is 0. The van der Waals surface area contributed by atoms with E-state index in [0.29, 0.717) is 19.2 Å². The second kappa shape index (κ2) is 3.79. The monoisotopic (exact) mass is 229 g/mol. The van der Waals surface area contributed by atoms with Crippen LogP contribution in [-0.4, -0.2) is 10.7 Å². The molecule has 7 heteroatoms. The van der Waals surface area contributed by atoms with Gasteiger partial charge in [-0.2, -0.15) is 26.5 Å². The van der Waals surface area contributed by atoms with Gasteiger partial charge in [-0.3, -0.25) is 0 Å². The van der Waals surface area contributed by atoms with Gasteiger partial charge in [-0.1, -0.05) is 6.92 Å². The van der Waals surface area contributed by atoms with E-state index in [1.165, 1.54) is 10.8 Å². The number of hydrogen-bond donors (Lipinski definition) is 0. The minimum Gasteiger partial charge on any atom is -0.237 e. The van der Waals surface area contributed by atoms with Crippen LogP contribution in [-0.2, 0) is 12.6 Å². The third kappa shape index (κ3) is 2.27. The first kappa shape index (κ1) is 11.9. The molecule has 1 rings (SSSR count). The number of aryl methyl sites for hydroxylation is 1. The summed E-state index contributed by atoms with van der Waals surface area (Å²) in [6.07, 6.45) is -2.27. The first-order chi connectivity index (χ1) is 6.79. The molecular weight excluding hydrogens is 219 g/mol. The van der Waals surface area contributed by atoms with Gasteiger partial charge in [0, 0.05) is 0 Å². The van der Waals surface area contributed by atoms with Crippen molar-refractivity contribution in [2.75, 3.05) is 0 Å². The minimum absolute atomic E-state index is 0.136. The number of nitrogens with zero attached hydrogens (tertiary/aromatic N) is 2. The van der Waals surface area contributed by atoms with E-state index in [-0.39, 0.29) is 4.57 Å². The average molecular weight is 229 g/mol. The number of imidazole rings is 1. The molecule has 0 unspecified atom stereocenters. The Labute approximate surface area is 82.9 Å². The standard InChI is InChI=1S/C8H10F5N2/c1-2-3-14-4-5-15(6-14)8(12,13)7(9,10)11/h4-6H,2-3H2,1H3/q+1. The Morgan fingerprint density at radius 3 is 2.27 bits per heavy atom. The molecule has 1 aromatic heterocycles. The SMILES string of the molecule is CCC[n+]1ccn(C(F)(F)C(F)(F)F)c1. The highest BCUT2D eigenvalue weighted by Gasteiger charge is 2.64. The van der Waals surface area contributed by atoms with E-state index < -0.39 is 12.2 Å². The zero-order chi connectivity index (χ0) is 11.7. The summed E-state index contributed by atoms with van der Waals surface area (Å²) in [6, 6.07) is -4.86. The first-order valence-electron chi connectivity index (χ1n) is 4.31. The maximum absolute atomic E-state index is 12.7. The molecule has 0 spiro atoms. The summed E-state index contributed by atoms with van der Waals surface area (Å²) < 4.78 is 62.4. The summed E-state index contributed by atoms with van der Waals surface area (Å²) in [5.74, 6) is 0. The molecule has 0 radical (unpaired) electrons. The van der Waals surface area contributed by atoms with Gasteiger partial charge in [-0.25, -0.2) is 4.57 Å². The highest BCUT2D eigenvalue weighted by molar-refractivity contribution is 4.79. The van der Waals surface area contributed by atoms with Gasteiger partial charge in [-0.05, 0) is 6.42 Å². The fourth-order valence-corrected chi connectivity index (χ4v) is 1.10. The Morgan fingerprint density at radius 1 is 1.20 bits per heavy atom. The smallest absolute Gasteiger partial charge is 0.237 e. The van der Waals surface area contributed by atoms with Crippen LogP contribution in [0.15, 0.2) is 18.7 Å². The topological polar surface area (TPSA) is 8.81 Å². The van der Waals surface area contributed by atoms with Gasteiger partial charge in [0.1, 0.15) is 12.4 Å². The Bertz CT molecular complexity index is 328. The number of aromatic nitrogens is 2. The fraction of sp³-hybridized carbons (Fsp3) is 0.625. The van der Waals surface area contributed by atoms with Crippen LogP contribution in [0.1, 0.15) is 13.3 Å². The minimum atomic E-state index is -5.57. The van der Waals surface area contributed by atoms with Crippen molar-refractivity contribution in [2.24, 2.45) is 0 Å². The van der Waals surface area contributed by atoms with Crippen molar-refractivity contribution < 1.29 is 26.5 Å². The number of hydrogen-bond acceptors (Lipinski definition) is 0. The molecule has 0 aliphatic carbocycles. The van der Waals surface area contributed by atoms with Crippen molar-refractivity contribution >= 4 is 0 Å². The maximum atomic E-state index is 12.7. The fourth-order valence-electron chi connectivity index (χ4n) is 1.10. The zero-order valence-corrected chi connectivity index (χ0v) is 7.93. The lowest BCUT2D eigenvalue weighted by atomic mass is 10.5. The Kier molecular flexibility index (Phi) is 3.01. The quantitative estimate of drug-likeness (QED) is 0.555. The van der Waals surface area contributed by atoms with E-state index in [9.17, 15) is 22.0 Å². The number of alkyl halides is 5. The molecule has 0 atom stereocenters. The van der Waals surface area contributed by atoms with Gasteiger partial charge < -0.3 is 0 Å². The van der Waals surface area contributed by atoms with Crippen LogP contribution in [0.3, 0.4) is 0 Å². The lowest BCUT2D eigenvalue weighted by molar-refractivity contribution is -0.697. The molecule has 0 aliphatic heterocycles. The molecular formula is C8H10F5N2+. The van der Waals surface area contributed by atoms with Crippen molar-refractivity contribution in [2.45, 2.75) is 32.1 Å². The van der Waals surface area contributed by atoms with Gasteiger partial charge in [0.15, 0.2) is 0 Å². The Morgan fingerprint density at radius 2 is 1.80 bits per heavy atom. The van der Waals surface area contributed by atoms with E-state index >= 15 is 0 Å². The predicted octanol–water partition coefficient (Wildman–Crippen LogP) is 2.30. The van der Waals surface area contributed by atoms with Crippen molar-refractivity contribution in [1.82, 2.24) is 4.57 Å². The van der Waals surface area contributed by atoms with Crippen LogP contribution in [0.25, 0.3) is 0 Å². The van der Waals surface area contributed by atoms with Crippen molar-refractivity contribution in [3.8, 4) is 0 Å². The van der Waals surface area contributed by atoms with E-state index in [1.807, 2.05) is 0 Å². The van der Waals surface area contributed by atoms with Crippen LogP contribution in [0.4, 0.5) is 22.0 Å². The largest absolute Gasteiger partial charge is 0.500 e. The first-order valence-corrected chi connectivity index (χ1v) is 4.31. The highest BCUT2D eigenvalue weighted by Crippen LogP contribution is 2.39. The van der Waals surface area contributed by atoms with Crippen LogP contribution < -0.4 is 4.57 Å². The third-order valence-corrected chi connectivity index (χ3v) is 1.84. The van der Waals surface area contributed by atoms with Gasteiger partial charge >= 0.3 is 12.2 Å². The molecule has 2 nitrogen and oxygen atoms in total. The summed E-state index contributed by atoms with van der Waals surface area (Å²) in [5.41, 5.74) is 0. The summed E-state index contributed by atoms with van der Waals surface area (Å²) in [5, 5.41) is 0. The van der Waals surface area contributed by atoms with Gasteiger partial charge in [-0.15, -0.1) is 0 Å². The lowest BCUT2D eigenvalue weighted by Gasteiger charge is -2.14. The molecule has 0 aliphatic rings. The average Bonchev–Trinajstić information content (AvgIpc) is 2.51. The van der Waals surface area contributed by atoms with E-state index in [4.69, 9.17) is 0 Å². The molecule has 1 heterocycles. The summed E-state index contributed by atoms with van der Waals surface area (Å²) >= 11 is 0.